The van der Waals surface area contributed by atoms with Crippen LogP contribution in [0.2, 0.25) is 0 Å². The molecule has 0 aliphatic rings. The minimum absolute atomic E-state index is 0.0615. The third-order valence-electron chi connectivity index (χ3n) is 10.6. The molecule has 326 valence electrons. The Hall–Kier alpha value is -2.02. The van der Waals surface area contributed by atoms with Crippen LogP contribution in [-0.4, -0.2) is 31.9 Å². The first-order chi connectivity index (χ1) is 28.0. The molecule has 8 heteroatoms. The summed E-state index contributed by atoms with van der Waals surface area (Å²) in [6.07, 6.45) is 34.1. The van der Waals surface area contributed by atoms with E-state index in [9.17, 15) is 9.36 Å². The van der Waals surface area contributed by atoms with Gasteiger partial charge >= 0.3 is 13.8 Å². The largest absolute Gasteiger partial charge is 0.475 e. The van der Waals surface area contributed by atoms with E-state index in [0.717, 1.165) is 43.2 Å². The van der Waals surface area contributed by atoms with Crippen LogP contribution < -0.4 is 0 Å². The van der Waals surface area contributed by atoms with Gasteiger partial charge in [0.2, 0.25) is 0 Å². The monoisotopic (exact) mass is 815 g/mol. The lowest BCUT2D eigenvalue weighted by Gasteiger charge is -2.22. The summed E-state index contributed by atoms with van der Waals surface area (Å²) in [7, 11) is -4.02. The first kappa shape index (κ1) is 51.1. The first-order valence-electron chi connectivity index (χ1n) is 23.4. The number of carbonyl (C=O) groups excluding carboxylic acids is 1. The van der Waals surface area contributed by atoms with Crippen LogP contribution in [0.3, 0.4) is 0 Å². The smallest absolute Gasteiger partial charge is 0.457 e. The number of rotatable bonds is 41. The second-order valence-electron chi connectivity index (χ2n) is 16.0. The Morgan fingerprint density at radius 2 is 0.842 bits per heavy atom. The Labute approximate surface area is 349 Å². The molecule has 0 heterocycles. The van der Waals surface area contributed by atoms with E-state index in [4.69, 9.17) is 23.0 Å². The highest BCUT2D eigenvalue weighted by Crippen LogP contribution is 2.51. The SMILES string of the molecule is CCCCCCCCCCCCCCCCOC[C@H](COP(=O)(OCc1ccccc1)OCc1ccccc1)OC(=O)CCCCCCCCCCCCCCC. The summed E-state index contributed by atoms with van der Waals surface area (Å²) in [5, 5.41) is 0. The molecule has 0 aliphatic heterocycles. The fourth-order valence-electron chi connectivity index (χ4n) is 7.00. The number of hydrogen-bond donors (Lipinski definition) is 0. The molecule has 0 N–H and O–H groups in total. The number of phosphoric acid groups is 1. The predicted molar refractivity (Wildman–Crippen MR) is 237 cm³/mol. The summed E-state index contributed by atoms with van der Waals surface area (Å²) in [5.74, 6) is -0.281. The summed E-state index contributed by atoms with van der Waals surface area (Å²) >= 11 is 0. The Morgan fingerprint density at radius 1 is 0.474 bits per heavy atom. The molecule has 1 atom stereocenters. The molecule has 2 aromatic rings. The van der Waals surface area contributed by atoms with Gasteiger partial charge in [0.05, 0.1) is 26.4 Å². The normalized spacial score (nSPS) is 12.2. The minimum atomic E-state index is -4.02. The van der Waals surface area contributed by atoms with Gasteiger partial charge in [0.15, 0.2) is 0 Å². The Balaban J connectivity index is 1.76. The van der Waals surface area contributed by atoms with E-state index in [-0.39, 0.29) is 32.4 Å². The summed E-state index contributed by atoms with van der Waals surface area (Å²) in [6.45, 7) is 5.26. The zero-order valence-electron chi connectivity index (χ0n) is 36.5. The highest BCUT2D eigenvalue weighted by atomic mass is 31.2. The average molecular weight is 815 g/mol. The van der Waals surface area contributed by atoms with Crippen LogP contribution in [0, 0.1) is 0 Å². The Morgan fingerprint density at radius 3 is 1.25 bits per heavy atom. The van der Waals surface area contributed by atoms with Crippen LogP contribution in [0.1, 0.15) is 205 Å². The third-order valence-corrected chi connectivity index (χ3v) is 12.0. The Bertz CT molecular complexity index is 1160. The van der Waals surface area contributed by atoms with E-state index in [1.54, 1.807) is 0 Å². The summed E-state index contributed by atoms with van der Waals surface area (Å²) in [6, 6.07) is 19.0. The third kappa shape index (κ3) is 30.7. The second kappa shape index (κ2) is 37.0. The molecule has 0 saturated carbocycles. The molecule has 0 aliphatic carbocycles. The zero-order valence-corrected chi connectivity index (χ0v) is 37.4. The van der Waals surface area contributed by atoms with Crippen molar-refractivity contribution in [1.82, 2.24) is 0 Å². The van der Waals surface area contributed by atoms with Gasteiger partial charge in [-0.05, 0) is 24.0 Å². The lowest BCUT2D eigenvalue weighted by molar-refractivity contribution is -0.154. The number of ether oxygens (including phenoxy) is 2. The summed E-state index contributed by atoms with van der Waals surface area (Å²) in [4.78, 5) is 13.0. The van der Waals surface area contributed by atoms with Crippen molar-refractivity contribution >= 4 is 13.8 Å². The van der Waals surface area contributed by atoms with E-state index in [0.29, 0.717) is 13.0 Å². The van der Waals surface area contributed by atoms with Crippen LogP contribution in [-0.2, 0) is 45.6 Å². The number of benzene rings is 2. The van der Waals surface area contributed by atoms with Crippen molar-refractivity contribution in [3.05, 3.63) is 71.8 Å². The molecule has 0 radical (unpaired) electrons. The van der Waals surface area contributed by atoms with E-state index >= 15 is 0 Å². The van der Waals surface area contributed by atoms with Crippen molar-refractivity contribution in [3.8, 4) is 0 Å². The fourth-order valence-corrected chi connectivity index (χ4v) is 8.19. The lowest BCUT2D eigenvalue weighted by Crippen LogP contribution is -2.28. The van der Waals surface area contributed by atoms with Crippen molar-refractivity contribution in [2.24, 2.45) is 0 Å². The standard InChI is InChI=1S/C49H83O7P/c1-3-5-7-9-11-13-15-17-19-21-23-25-27-35-41-52-44-48(56-49(50)40-34-26-24-22-20-18-16-14-12-10-8-6-4-2)45-55-57(51,53-42-46-36-30-28-31-37-46)54-43-47-38-32-29-33-39-47/h28-33,36-39,48H,3-27,34-35,40-45H2,1-2H3/t48-/m1/s1. The van der Waals surface area contributed by atoms with Gasteiger partial charge in [0.1, 0.15) is 6.10 Å². The van der Waals surface area contributed by atoms with E-state index in [1.165, 1.54) is 141 Å². The molecular weight excluding hydrogens is 732 g/mol. The molecule has 7 nitrogen and oxygen atoms in total. The van der Waals surface area contributed by atoms with E-state index < -0.39 is 13.9 Å². The van der Waals surface area contributed by atoms with Gasteiger partial charge < -0.3 is 9.47 Å². The second-order valence-corrected chi connectivity index (χ2v) is 17.7. The van der Waals surface area contributed by atoms with Crippen molar-refractivity contribution in [2.75, 3.05) is 19.8 Å². The summed E-state index contributed by atoms with van der Waals surface area (Å²) < 4.78 is 43.3. The molecule has 0 saturated heterocycles. The highest BCUT2D eigenvalue weighted by Gasteiger charge is 2.30. The number of carbonyl (C=O) groups is 1. The van der Waals surface area contributed by atoms with E-state index in [1.807, 2.05) is 60.7 Å². The van der Waals surface area contributed by atoms with Gasteiger partial charge in [0.25, 0.3) is 0 Å². The van der Waals surface area contributed by atoms with Crippen molar-refractivity contribution in [2.45, 2.75) is 213 Å². The van der Waals surface area contributed by atoms with Crippen LogP contribution in [0.4, 0.5) is 0 Å². The van der Waals surface area contributed by atoms with Gasteiger partial charge in [-0.15, -0.1) is 0 Å². The molecular formula is C49H83O7P. The van der Waals surface area contributed by atoms with Crippen LogP contribution in [0.5, 0.6) is 0 Å². The highest BCUT2D eigenvalue weighted by molar-refractivity contribution is 7.48. The maximum absolute atomic E-state index is 13.9. The summed E-state index contributed by atoms with van der Waals surface area (Å²) in [5.41, 5.74) is 1.70. The molecule has 2 rings (SSSR count). The fraction of sp³-hybridized carbons (Fsp3) is 0.735. The number of esters is 1. The molecule has 57 heavy (non-hydrogen) atoms. The zero-order chi connectivity index (χ0) is 40.8. The van der Waals surface area contributed by atoms with Crippen LogP contribution in [0.25, 0.3) is 0 Å². The maximum Gasteiger partial charge on any atom is 0.475 e. The number of hydrogen-bond acceptors (Lipinski definition) is 7. The predicted octanol–water partition coefficient (Wildman–Crippen LogP) is 15.4. The molecule has 0 amide bonds. The van der Waals surface area contributed by atoms with Gasteiger partial charge in [-0.1, -0.05) is 235 Å². The molecule has 0 unspecified atom stereocenters. The molecule has 0 spiro atoms. The maximum atomic E-state index is 13.9. The lowest BCUT2D eigenvalue weighted by atomic mass is 10.0. The van der Waals surface area contributed by atoms with Crippen LogP contribution >= 0.6 is 7.82 Å². The quantitative estimate of drug-likeness (QED) is 0.0376. The number of unbranched alkanes of at least 4 members (excludes halogenated alkanes) is 25. The van der Waals surface area contributed by atoms with Gasteiger partial charge in [0, 0.05) is 13.0 Å². The molecule has 0 fully saturated rings. The molecule has 2 aromatic carbocycles. The van der Waals surface area contributed by atoms with Gasteiger partial charge in [-0.25, -0.2) is 4.57 Å². The molecule has 0 aromatic heterocycles. The van der Waals surface area contributed by atoms with Crippen LogP contribution in [0.15, 0.2) is 60.7 Å². The minimum Gasteiger partial charge on any atom is -0.457 e. The van der Waals surface area contributed by atoms with Gasteiger partial charge in [-0.3, -0.25) is 18.4 Å². The van der Waals surface area contributed by atoms with Crippen molar-refractivity contribution in [3.63, 3.8) is 0 Å². The van der Waals surface area contributed by atoms with Gasteiger partial charge in [-0.2, -0.15) is 0 Å². The van der Waals surface area contributed by atoms with Crippen molar-refractivity contribution in [1.29, 1.82) is 0 Å². The number of phosphoric ester groups is 1. The molecule has 0 bridgehead atoms. The van der Waals surface area contributed by atoms with Crippen molar-refractivity contribution < 1.29 is 32.4 Å². The van der Waals surface area contributed by atoms with E-state index in [2.05, 4.69) is 13.8 Å². The average Bonchev–Trinajstić information content (AvgIpc) is 3.23. The Kier molecular flexibility index (Phi) is 33.2. The topological polar surface area (TPSA) is 80.3 Å². The first-order valence-corrected chi connectivity index (χ1v) is 24.9.